The molecule has 2 atom stereocenters. The third kappa shape index (κ3) is 7.00. The molecule has 1 saturated heterocycles. The van der Waals surface area contributed by atoms with Crippen LogP contribution >= 0.6 is 11.8 Å². The van der Waals surface area contributed by atoms with Crippen LogP contribution in [-0.2, 0) is 11.2 Å². The Morgan fingerprint density at radius 2 is 1.91 bits per heavy atom. The van der Waals surface area contributed by atoms with Gasteiger partial charge in [-0.3, -0.25) is 9.69 Å². The van der Waals surface area contributed by atoms with Crippen LogP contribution < -0.4 is 5.32 Å². The average Bonchev–Trinajstić information content (AvgIpc) is 3.16. The van der Waals surface area contributed by atoms with E-state index in [1.807, 2.05) is 26.0 Å². The normalized spacial score (nSPS) is 21.9. The number of carbonyl (C=O) groups excluding carboxylic acids is 1. The summed E-state index contributed by atoms with van der Waals surface area (Å²) in [6, 6.07) is 8.46. The van der Waals surface area contributed by atoms with E-state index in [2.05, 4.69) is 20.2 Å². The van der Waals surface area contributed by atoms with Crippen molar-refractivity contribution in [1.82, 2.24) is 20.2 Å². The molecule has 0 bridgehead atoms. The number of aryl methyl sites for hydroxylation is 2. The molecule has 178 valence electrons. The van der Waals surface area contributed by atoms with Crippen molar-refractivity contribution in [2.75, 3.05) is 19.6 Å². The fourth-order valence-electron chi connectivity index (χ4n) is 5.16. The molecule has 2 aliphatic rings. The number of nitrogens with zero attached hydrogens (tertiary/aromatic N) is 3. The fraction of sp³-hybridized carbons (Fsp3) is 0.577. The van der Waals surface area contributed by atoms with Crippen LogP contribution in [0.1, 0.15) is 55.5 Å². The molecule has 0 radical (unpaired) electrons. The van der Waals surface area contributed by atoms with Crippen LogP contribution in [0.15, 0.2) is 35.5 Å². The van der Waals surface area contributed by atoms with Crippen LogP contribution in [0.3, 0.4) is 0 Å². The van der Waals surface area contributed by atoms with Crippen molar-refractivity contribution in [3.8, 4) is 0 Å². The number of halogens is 1. The number of rotatable bonds is 8. The Hall–Kier alpha value is -1.99. The molecule has 1 aliphatic heterocycles. The molecule has 1 aromatic heterocycles. The summed E-state index contributed by atoms with van der Waals surface area (Å²) in [5.74, 6) is 0.538. The maximum atomic E-state index is 13.4. The van der Waals surface area contributed by atoms with Crippen molar-refractivity contribution in [3.05, 3.63) is 53.1 Å². The van der Waals surface area contributed by atoms with Gasteiger partial charge < -0.3 is 5.32 Å². The van der Waals surface area contributed by atoms with Crippen LogP contribution in [-0.4, -0.2) is 51.7 Å². The van der Waals surface area contributed by atoms with Gasteiger partial charge in [-0.25, -0.2) is 14.4 Å². The summed E-state index contributed by atoms with van der Waals surface area (Å²) in [7, 11) is 0. The van der Waals surface area contributed by atoms with Crippen LogP contribution in [0.4, 0.5) is 4.39 Å². The number of thioether (sulfide) groups is 1. The van der Waals surface area contributed by atoms with Crippen molar-refractivity contribution in [2.45, 2.75) is 75.2 Å². The molecule has 0 spiro atoms. The highest BCUT2D eigenvalue weighted by atomic mass is 32.2. The van der Waals surface area contributed by atoms with Gasteiger partial charge in [0.1, 0.15) is 5.82 Å². The molecule has 1 N–H and O–H groups in total. The molecular formula is C26H35FN4OS. The van der Waals surface area contributed by atoms with Gasteiger partial charge in [-0.2, -0.15) is 0 Å². The maximum Gasteiger partial charge on any atom is 0.237 e. The Morgan fingerprint density at radius 1 is 1.15 bits per heavy atom. The molecule has 7 heteroatoms. The van der Waals surface area contributed by atoms with E-state index in [0.717, 1.165) is 41.6 Å². The number of aromatic nitrogens is 2. The van der Waals surface area contributed by atoms with E-state index in [-0.39, 0.29) is 17.8 Å². The molecule has 5 nitrogen and oxygen atoms in total. The first-order valence-corrected chi connectivity index (χ1v) is 13.1. The Balaban J connectivity index is 1.38. The molecule has 2 heterocycles. The number of hydrogen-bond acceptors (Lipinski definition) is 5. The fourth-order valence-corrected chi connectivity index (χ4v) is 6.39. The third-order valence-electron chi connectivity index (χ3n) is 6.72. The summed E-state index contributed by atoms with van der Waals surface area (Å²) in [6.45, 7) is 6.40. The summed E-state index contributed by atoms with van der Waals surface area (Å²) in [4.78, 5) is 24.8. The molecule has 33 heavy (non-hydrogen) atoms. The van der Waals surface area contributed by atoms with Crippen molar-refractivity contribution < 1.29 is 9.18 Å². The molecule has 2 aromatic rings. The maximum absolute atomic E-state index is 13.4. The van der Waals surface area contributed by atoms with Crippen molar-refractivity contribution >= 4 is 17.7 Å². The Bertz CT molecular complexity index is 929. The largest absolute Gasteiger partial charge is 0.354 e. The van der Waals surface area contributed by atoms with Crippen LogP contribution in [0.2, 0.25) is 0 Å². The van der Waals surface area contributed by atoms with E-state index in [9.17, 15) is 9.18 Å². The van der Waals surface area contributed by atoms with Crippen molar-refractivity contribution in [3.63, 3.8) is 0 Å². The smallest absolute Gasteiger partial charge is 0.237 e. The van der Waals surface area contributed by atoms with Gasteiger partial charge in [0.15, 0.2) is 5.16 Å². The van der Waals surface area contributed by atoms with Crippen LogP contribution in [0, 0.1) is 25.6 Å². The quantitative estimate of drug-likeness (QED) is 0.567. The second-order valence-corrected chi connectivity index (χ2v) is 10.8. The summed E-state index contributed by atoms with van der Waals surface area (Å²) in [5, 5.41) is 4.23. The third-order valence-corrected chi connectivity index (χ3v) is 7.79. The first kappa shape index (κ1) is 24.1. The molecule has 0 unspecified atom stereocenters. The zero-order chi connectivity index (χ0) is 23.2. The lowest BCUT2D eigenvalue weighted by Crippen LogP contribution is -2.45. The van der Waals surface area contributed by atoms with Gasteiger partial charge in [0, 0.05) is 36.3 Å². The summed E-state index contributed by atoms with van der Waals surface area (Å²) in [5.41, 5.74) is 2.86. The van der Waals surface area contributed by atoms with Gasteiger partial charge >= 0.3 is 0 Å². The molecular weight excluding hydrogens is 435 g/mol. The van der Waals surface area contributed by atoms with Gasteiger partial charge in [-0.05, 0) is 69.2 Å². The first-order chi connectivity index (χ1) is 16.0. The highest BCUT2D eigenvalue weighted by molar-refractivity contribution is 7.99. The van der Waals surface area contributed by atoms with Crippen molar-refractivity contribution in [1.29, 1.82) is 0 Å². The minimum Gasteiger partial charge on any atom is -0.354 e. The number of benzene rings is 1. The summed E-state index contributed by atoms with van der Waals surface area (Å²) in [6.07, 6.45) is 7.91. The topological polar surface area (TPSA) is 58.1 Å². The molecule has 4 rings (SSSR count). The van der Waals surface area contributed by atoms with E-state index >= 15 is 0 Å². The second kappa shape index (κ2) is 11.4. The second-order valence-electron chi connectivity index (χ2n) is 9.55. The number of hydrogen-bond donors (Lipinski definition) is 1. The van der Waals surface area contributed by atoms with E-state index < -0.39 is 0 Å². The average molecular weight is 471 g/mol. The molecule has 1 amide bonds. The van der Waals surface area contributed by atoms with E-state index in [1.54, 1.807) is 17.8 Å². The highest BCUT2D eigenvalue weighted by Crippen LogP contribution is 2.34. The van der Waals surface area contributed by atoms with Gasteiger partial charge in [-0.1, -0.05) is 43.2 Å². The zero-order valence-corrected chi connectivity index (χ0v) is 20.5. The monoisotopic (exact) mass is 470 g/mol. The van der Waals surface area contributed by atoms with Crippen molar-refractivity contribution in [2.24, 2.45) is 5.92 Å². The number of nitrogens with one attached hydrogen (secondary N) is 1. The van der Waals surface area contributed by atoms with E-state index in [4.69, 9.17) is 0 Å². The minimum absolute atomic E-state index is 0.0895. The molecule has 2 fully saturated rings. The van der Waals surface area contributed by atoms with E-state index in [0.29, 0.717) is 24.1 Å². The van der Waals surface area contributed by atoms with Gasteiger partial charge in [-0.15, -0.1) is 0 Å². The Morgan fingerprint density at radius 3 is 2.64 bits per heavy atom. The molecule has 1 aromatic carbocycles. The minimum atomic E-state index is -0.234. The molecule has 1 saturated carbocycles. The van der Waals surface area contributed by atoms with Crippen LogP contribution in [0.25, 0.3) is 0 Å². The van der Waals surface area contributed by atoms with E-state index in [1.165, 1.54) is 44.2 Å². The summed E-state index contributed by atoms with van der Waals surface area (Å²) < 4.78 is 13.4. The summed E-state index contributed by atoms with van der Waals surface area (Å²) >= 11 is 1.70. The highest BCUT2D eigenvalue weighted by Gasteiger charge is 2.38. The lowest BCUT2D eigenvalue weighted by molar-refractivity contribution is -0.125. The number of carbonyl (C=O) groups is 1. The predicted molar refractivity (Wildman–Crippen MR) is 131 cm³/mol. The van der Waals surface area contributed by atoms with Gasteiger partial charge in [0.25, 0.3) is 0 Å². The Labute approximate surface area is 201 Å². The first-order valence-electron chi connectivity index (χ1n) is 12.2. The zero-order valence-electron chi connectivity index (χ0n) is 19.7. The Kier molecular flexibility index (Phi) is 8.36. The lowest BCUT2D eigenvalue weighted by atomic mass is 9.89. The standard InChI is InChI=1S/C26H35FN4OS/c1-18-13-19(2)30-26(29-18)33-23-15-24(31(17-23)16-21-7-4-3-5-8-21)25(32)28-12-11-20-9-6-10-22(27)14-20/h6,9-10,13-14,21,23-24H,3-5,7-8,11-12,15-17H2,1-2H3,(H,28,32)/t23-,24-/m0/s1. The number of amides is 1. The number of likely N-dealkylation sites (tertiary alicyclic amines) is 1. The van der Waals surface area contributed by atoms with Gasteiger partial charge in [0.05, 0.1) is 6.04 Å². The SMILES string of the molecule is Cc1cc(C)nc(S[C@H]2C[C@@H](C(=O)NCCc3cccc(F)c3)N(CC3CCCCC3)C2)n1. The predicted octanol–water partition coefficient (Wildman–Crippen LogP) is 4.71. The van der Waals surface area contributed by atoms with Gasteiger partial charge in [0.2, 0.25) is 5.91 Å². The lowest BCUT2D eigenvalue weighted by Gasteiger charge is -2.30. The van der Waals surface area contributed by atoms with Crippen LogP contribution in [0.5, 0.6) is 0 Å². The molecule has 1 aliphatic carbocycles.